The number of alkyl halides is 1. The van der Waals surface area contributed by atoms with Gasteiger partial charge in [0.25, 0.3) is 0 Å². The highest BCUT2D eigenvalue weighted by molar-refractivity contribution is 7.98. The van der Waals surface area contributed by atoms with Crippen LogP contribution in [0.5, 0.6) is 11.8 Å². The molecule has 4 aliphatic heterocycles. The number of nitrogens with one attached hydrogen (secondary N) is 1. The number of rotatable bonds is 6. The van der Waals surface area contributed by atoms with E-state index in [2.05, 4.69) is 30.3 Å². The largest absolute Gasteiger partial charge is 0.508 e. The number of aromatic hydroxyl groups is 1. The van der Waals surface area contributed by atoms with E-state index in [1.54, 1.807) is 6.07 Å². The van der Waals surface area contributed by atoms with Crippen LogP contribution in [-0.4, -0.2) is 93.0 Å². The molecule has 4 atom stereocenters. The van der Waals surface area contributed by atoms with Crippen molar-refractivity contribution in [3.8, 4) is 23.0 Å². The predicted octanol–water partition coefficient (Wildman–Crippen LogP) is 4.70. The van der Waals surface area contributed by atoms with Crippen LogP contribution in [0.25, 0.3) is 33.1 Å². The van der Waals surface area contributed by atoms with Crippen molar-refractivity contribution in [1.82, 2.24) is 30.4 Å². The normalized spacial score (nSPS) is 27.0. The van der Waals surface area contributed by atoms with Crippen LogP contribution in [0.1, 0.15) is 32.1 Å². The first-order chi connectivity index (χ1) is 20.9. The number of benzene rings is 2. The molecule has 4 saturated heterocycles. The maximum atomic E-state index is 16.7. The van der Waals surface area contributed by atoms with Crippen LogP contribution in [0.4, 0.5) is 14.6 Å². The summed E-state index contributed by atoms with van der Waals surface area (Å²) in [5, 5.41) is 24.6. The van der Waals surface area contributed by atoms with E-state index in [4.69, 9.17) is 9.72 Å². The van der Waals surface area contributed by atoms with Crippen LogP contribution < -0.4 is 15.0 Å². The molecule has 2 aromatic carbocycles. The minimum Gasteiger partial charge on any atom is -0.508 e. The zero-order valence-corrected chi connectivity index (χ0v) is 24.7. The van der Waals surface area contributed by atoms with Crippen molar-refractivity contribution in [1.29, 1.82) is 0 Å². The van der Waals surface area contributed by atoms with E-state index < -0.39 is 12.0 Å². The number of fused-ring (bicyclic) bond motifs is 5. The molecule has 9 nitrogen and oxygen atoms in total. The van der Waals surface area contributed by atoms with E-state index in [-0.39, 0.29) is 40.6 Å². The summed E-state index contributed by atoms with van der Waals surface area (Å²) < 4.78 is 37.4. The Morgan fingerprint density at radius 2 is 1.95 bits per heavy atom. The fourth-order valence-corrected chi connectivity index (χ4v) is 8.38. The van der Waals surface area contributed by atoms with Gasteiger partial charge in [0.15, 0.2) is 17.2 Å². The average Bonchev–Trinajstić information content (AvgIpc) is 3.65. The van der Waals surface area contributed by atoms with Gasteiger partial charge in [0, 0.05) is 54.0 Å². The maximum absolute atomic E-state index is 16.7. The third-order valence-corrected chi connectivity index (χ3v) is 10.4. The van der Waals surface area contributed by atoms with Crippen molar-refractivity contribution in [2.24, 2.45) is 0 Å². The van der Waals surface area contributed by atoms with E-state index in [1.165, 1.54) is 17.8 Å². The Morgan fingerprint density at radius 1 is 1.12 bits per heavy atom. The lowest BCUT2D eigenvalue weighted by molar-refractivity contribution is 0.107. The maximum Gasteiger partial charge on any atom is 0.319 e. The van der Waals surface area contributed by atoms with Gasteiger partial charge in [-0.2, -0.15) is 9.97 Å². The number of aromatic nitrogens is 4. The lowest BCUT2D eigenvalue weighted by atomic mass is 9.95. The second-order valence-corrected chi connectivity index (χ2v) is 13.2. The Morgan fingerprint density at radius 3 is 2.77 bits per heavy atom. The number of nitrogens with zero attached hydrogens (tertiary/aromatic N) is 6. The van der Waals surface area contributed by atoms with E-state index in [0.29, 0.717) is 49.5 Å². The summed E-state index contributed by atoms with van der Waals surface area (Å²) in [7, 11) is 0. The molecular formula is C31H33F2N7O2S. The zero-order chi connectivity index (χ0) is 29.3. The minimum atomic E-state index is -0.883. The van der Waals surface area contributed by atoms with Gasteiger partial charge in [-0.25, -0.2) is 8.78 Å². The van der Waals surface area contributed by atoms with E-state index in [9.17, 15) is 9.50 Å². The minimum absolute atomic E-state index is 0.00232. The fourth-order valence-electron chi connectivity index (χ4n) is 7.73. The number of phenolic OH excluding ortho intramolecular Hbond substituents is 1. The SMILES string of the molecule is CSc1cccc2cc(O)cc(-c3nnc4c(N5CC6CCC(C5)N6)nc(OC[C@@]56CCCN5C[C@H](F)C6)nc4c3F)c12. The van der Waals surface area contributed by atoms with E-state index in [0.717, 1.165) is 47.9 Å². The Balaban J connectivity index is 1.26. The van der Waals surface area contributed by atoms with Gasteiger partial charge in [-0.05, 0) is 62.1 Å². The van der Waals surface area contributed by atoms with Crippen molar-refractivity contribution >= 4 is 39.4 Å². The molecule has 0 spiro atoms. The number of hydrogen-bond donors (Lipinski definition) is 2. The Bertz CT molecular complexity index is 1730. The van der Waals surface area contributed by atoms with Crippen molar-refractivity contribution in [2.75, 3.05) is 43.9 Å². The summed E-state index contributed by atoms with van der Waals surface area (Å²) in [6, 6.07) is 9.63. The molecule has 2 bridgehead atoms. The third-order valence-electron chi connectivity index (χ3n) is 9.66. The number of anilines is 1. The molecule has 8 rings (SSSR count). The molecule has 2 aromatic heterocycles. The fraction of sp³-hybridized carbons (Fsp3) is 0.484. The number of ether oxygens (including phenoxy) is 1. The van der Waals surface area contributed by atoms with Gasteiger partial charge < -0.3 is 20.1 Å². The predicted molar refractivity (Wildman–Crippen MR) is 162 cm³/mol. The number of hydrogen-bond acceptors (Lipinski definition) is 10. The topological polar surface area (TPSA) is 99.5 Å². The number of phenols is 1. The molecule has 4 aliphatic rings. The summed E-state index contributed by atoms with van der Waals surface area (Å²) in [5.74, 6) is -0.143. The van der Waals surface area contributed by atoms with Gasteiger partial charge in [0.1, 0.15) is 29.7 Å². The molecule has 12 heteroatoms. The highest BCUT2D eigenvalue weighted by atomic mass is 32.2. The first-order valence-corrected chi connectivity index (χ1v) is 16.2. The molecular weight excluding hydrogens is 572 g/mol. The van der Waals surface area contributed by atoms with Crippen molar-refractivity contribution < 1.29 is 18.6 Å². The number of thioether (sulfide) groups is 1. The first-order valence-electron chi connectivity index (χ1n) is 15.0. The molecule has 0 amide bonds. The van der Waals surface area contributed by atoms with Gasteiger partial charge in [0.2, 0.25) is 0 Å². The smallest absolute Gasteiger partial charge is 0.319 e. The molecule has 4 fully saturated rings. The van der Waals surface area contributed by atoms with Crippen LogP contribution in [0, 0.1) is 5.82 Å². The molecule has 4 aromatic rings. The molecule has 2 N–H and O–H groups in total. The van der Waals surface area contributed by atoms with Gasteiger partial charge in [-0.1, -0.05) is 12.1 Å². The Labute approximate surface area is 252 Å². The number of piperazine rings is 1. The Hall–Kier alpha value is -3.35. The summed E-state index contributed by atoms with van der Waals surface area (Å²) in [5.41, 5.74) is 0.345. The summed E-state index contributed by atoms with van der Waals surface area (Å²) in [6.07, 6.45) is 5.48. The van der Waals surface area contributed by atoms with E-state index in [1.807, 2.05) is 24.5 Å². The second-order valence-electron chi connectivity index (χ2n) is 12.3. The molecule has 0 radical (unpaired) electrons. The molecule has 0 saturated carbocycles. The molecule has 43 heavy (non-hydrogen) atoms. The molecule has 0 aliphatic carbocycles. The summed E-state index contributed by atoms with van der Waals surface area (Å²) in [6.45, 7) is 2.93. The average molecular weight is 606 g/mol. The highest BCUT2D eigenvalue weighted by Gasteiger charge is 2.49. The molecule has 6 heterocycles. The number of halogens is 2. The second kappa shape index (κ2) is 10.4. The van der Waals surface area contributed by atoms with Crippen molar-refractivity contribution in [2.45, 2.75) is 60.8 Å². The van der Waals surface area contributed by atoms with Gasteiger partial charge >= 0.3 is 6.01 Å². The quantitative estimate of drug-likeness (QED) is 0.301. The van der Waals surface area contributed by atoms with Gasteiger partial charge in [0.05, 0.1) is 5.54 Å². The monoisotopic (exact) mass is 605 g/mol. The van der Waals surface area contributed by atoms with Gasteiger partial charge in [-0.15, -0.1) is 22.0 Å². The molecule has 2 unspecified atom stereocenters. The van der Waals surface area contributed by atoms with Crippen molar-refractivity contribution in [3.63, 3.8) is 0 Å². The lowest BCUT2D eigenvalue weighted by Gasteiger charge is -2.34. The summed E-state index contributed by atoms with van der Waals surface area (Å²) in [4.78, 5) is 14.6. The van der Waals surface area contributed by atoms with Crippen LogP contribution in [0.3, 0.4) is 0 Å². The summed E-state index contributed by atoms with van der Waals surface area (Å²) >= 11 is 1.54. The van der Waals surface area contributed by atoms with Crippen LogP contribution >= 0.6 is 11.8 Å². The first kappa shape index (κ1) is 27.2. The standard InChI is InChI=1S/C31H33F2N7O2S/c1-43-23-5-2-4-17-10-21(41)11-22(24(17)23)26-25(33)27-28(38-37-26)29(39-14-19-6-7-20(15-39)34-19)36-30(35-27)42-16-31-8-3-9-40(31)13-18(32)12-31/h2,4-5,10-11,18-20,34,41H,3,6-9,12-16H2,1H3/t18-,19?,20?,31+/m1/s1. The zero-order valence-electron chi connectivity index (χ0n) is 23.9. The van der Waals surface area contributed by atoms with Crippen LogP contribution in [0.15, 0.2) is 35.2 Å². The van der Waals surface area contributed by atoms with E-state index >= 15 is 4.39 Å². The molecule has 224 valence electrons. The Kier molecular flexibility index (Phi) is 6.57. The highest BCUT2D eigenvalue weighted by Crippen LogP contribution is 2.42. The van der Waals surface area contributed by atoms with Crippen LogP contribution in [-0.2, 0) is 0 Å². The van der Waals surface area contributed by atoms with Crippen LogP contribution in [0.2, 0.25) is 0 Å². The van der Waals surface area contributed by atoms with Gasteiger partial charge in [-0.3, -0.25) is 4.90 Å². The lowest BCUT2D eigenvalue weighted by Crippen LogP contribution is -2.51. The third kappa shape index (κ3) is 4.56. The van der Waals surface area contributed by atoms with Crippen molar-refractivity contribution in [3.05, 3.63) is 36.1 Å².